The third-order valence-electron chi connectivity index (χ3n) is 6.07. The van der Waals surface area contributed by atoms with Crippen LogP contribution >= 0.6 is 0 Å². The molecule has 0 radical (unpaired) electrons. The summed E-state index contributed by atoms with van der Waals surface area (Å²) < 4.78 is 0. The van der Waals surface area contributed by atoms with Crippen LogP contribution in [0.1, 0.15) is 135 Å². The molecule has 2 nitrogen and oxygen atoms in total. The van der Waals surface area contributed by atoms with Crippen molar-refractivity contribution in [1.29, 1.82) is 0 Å². The van der Waals surface area contributed by atoms with Crippen molar-refractivity contribution >= 4 is 5.91 Å². The van der Waals surface area contributed by atoms with Gasteiger partial charge in [0.05, 0.1) is 0 Å². The minimum atomic E-state index is 0.303. The highest BCUT2D eigenvalue weighted by atomic mass is 16.2. The molecule has 1 unspecified atom stereocenters. The van der Waals surface area contributed by atoms with Gasteiger partial charge in [0.1, 0.15) is 0 Å². The predicted molar refractivity (Wildman–Crippen MR) is 115 cm³/mol. The molecule has 2 heteroatoms. The lowest BCUT2D eigenvalue weighted by Crippen LogP contribution is -2.18. The summed E-state index contributed by atoms with van der Waals surface area (Å²) in [6.07, 6.45) is 27.8. The molecule has 1 rings (SSSR count). The first-order chi connectivity index (χ1) is 12.8. The van der Waals surface area contributed by atoms with E-state index in [9.17, 15) is 4.79 Å². The Balaban J connectivity index is 1.66. The van der Waals surface area contributed by atoms with Crippen molar-refractivity contribution < 1.29 is 4.79 Å². The zero-order valence-corrected chi connectivity index (χ0v) is 17.8. The van der Waals surface area contributed by atoms with Gasteiger partial charge in [-0.2, -0.15) is 0 Å². The Morgan fingerprint density at radius 1 is 0.654 bits per heavy atom. The van der Waals surface area contributed by atoms with Gasteiger partial charge < -0.3 is 5.32 Å². The number of carbonyl (C=O) groups is 1. The average molecular weight is 366 g/mol. The van der Waals surface area contributed by atoms with Gasteiger partial charge in [-0.25, -0.2) is 0 Å². The minimum absolute atomic E-state index is 0.303. The van der Waals surface area contributed by atoms with E-state index >= 15 is 0 Å². The van der Waals surface area contributed by atoms with Gasteiger partial charge in [0.15, 0.2) is 0 Å². The summed E-state index contributed by atoms with van der Waals surface area (Å²) in [4.78, 5) is 11.5. The molecule has 1 aliphatic heterocycles. The molecule has 1 heterocycles. The number of hydrogen-bond acceptors (Lipinski definition) is 1. The summed E-state index contributed by atoms with van der Waals surface area (Å²) in [5.74, 6) is 0.632. The molecule has 0 aromatic rings. The van der Waals surface area contributed by atoms with Gasteiger partial charge in [0.25, 0.3) is 0 Å². The van der Waals surface area contributed by atoms with Crippen LogP contribution in [0.5, 0.6) is 0 Å². The molecule has 1 fully saturated rings. The van der Waals surface area contributed by atoms with Gasteiger partial charge in [0.2, 0.25) is 5.91 Å². The van der Waals surface area contributed by atoms with Crippen molar-refractivity contribution in [2.24, 2.45) is 5.92 Å². The van der Waals surface area contributed by atoms with Crippen molar-refractivity contribution in [3.05, 3.63) is 0 Å². The number of hydrogen-bond donors (Lipinski definition) is 1. The lowest BCUT2D eigenvalue weighted by atomic mass is 9.98. The van der Waals surface area contributed by atoms with Crippen LogP contribution in [-0.2, 0) is 4.79 Å². The molecule has 0 bridgehead atoms. The molecule has 154 valence electrons. The predicted octanol–water partition coefficient (Wildman–Crippen LogP) is 7.55. The van der Waals surface area contributed by atoms with Gasteiger partial charge in [0, 0.05) is 12.5 Å². The summed E-state index contributed by atoms with van der Waals surface area (Å²) in [5.41, 5.74) is 0. The topological polar surface area (TPSA) is 29.1 Å². The normalized spacial score (nSPS) is 17.0. The molecule has 0 aromatic carbocycles. The zero-order chi connectivity index (χ0) is 18.7. The quantitative estimate of drug-likeness (QED) is 0.235. The SMILES string of the molecule is CCCCCCCCCCCCCCCCCCCCC1CCNC1=O. The molecular formula is C24H47NO. The maximum Gasteiger partial charge on any atom is 0.223 e. The van der Waals surface area contributed by atoms with Crippen LogP contribution < -0.4 is 5.32 Å². The first kappa shape index (κ1) is 23.5. The van der Waals surface area contributed by atoms with Crippen LogP contribution in [0.3, 0.4) is 0 Å². The fourth-order valence-electron chi connectivity index (χ4n) is 4.21. The van der Waals surface area contributed by atoms with Gasteiger partial charge in [-0.3, -0.25) is 4.79 Å². The standard InChI is InChI=1S/C24H47NO/c1-2-3-4-5-6-7-8-9-10-11-12-13-14-15-16-17-18-19-20-23-21-22-25-24(23)26/h23H,2-22H2,1H3,(H,25,26). The second kappa shape index (κ2) is 17.9. The molecule has 0 aromatic heterocycles. The molecule has 26 heavy (non-hydrogen) atoms. The second-order valence-corrected chi connectivity index (χ2v) is 8.58. The van der Waals surface area contributed by atoms with E-state index in [0.717, 1.165) is 19.4 Å². The van der Waals surface area contributed by atoms with Crippen LogP contribution in [-0.4, -0.2) is 12.5 Å². The highest BCUT2D eigenvalue weighted by molar-refractivity contribution is 5.80. The van der Waals surface area contributed by atoms with Crippen LogP contribution in [0.15, 0.2) is 0 Å². The number of rotatable bonds is 19. The molecule has 0 saturated carbocycles. The van der Waals surface area contributed by atoms with Crippen molar-refractivity contribution in [3.63, 3.8) is 0 Å². The maximum atomic E-state index is 11.5. The van der Waals surface area contributed by atoms with Crippen molar-refractivity contribution in [2.75, 3.05) is 6.54 Å². The molecule has 1 amide bonds. The van der Waals surface area contributed by atoms with Crippen molar-refractivity contribution in [3.8, 4) is 0 Å². The third-order valence-corrected chi connectivity index (χ3v) is 6.07. The average Bonchev–Trinajstić information content (AvgIpc) is 3.05. The summed E-state index contributed by atoms with van der Waals surface area (Å²) in [5, 5.41) is 2.94. The molecule has 1 atom stereocenters. The Hall–Kier alpha value is -0.530. The van der Waals surface area contributed by atoms with E-state index in [-0.39, 0.29) is 0 Å². The lowest BCUT2D eigenvalue weighted by Gasteiger charge is -2.06. The molecule has 0 aliphatic carbocycles. The summed E-state index contributed by atoms with van der Waals surface area (Å²) >= 11 is 0. The van der Waals surface area contributed by atoms with E-state index in [4.69, 9.17) is 0 Å². The summed E-state index contributed by atoms with van der Waals surface area (Å²) in [6, 6.07) is 0. The number of carbonyl (C=O) groups excluding carboxylic acids is 1. The van der Waals surface area contributed by atoms with E-state index in [0.29, 0.717) is 11.8 Å². The number of unbranched alkanes of at least 4 members (excludes halogenated alkanes) is 17. The monoisotopic (exact) mass is 365 g/mol. The first-order valence-electron chi connectivity index (χ1n) is 12.1. The van der Waals surface area contributed by atoms with Crippen LogP contribution in [0.2, 0.25) is 0 Å². The lowest BCUT2D eigenvalue weighted by molar-refractivity contribution is -0.122. The molecular weight excluding hydrogens is 318 g/mol. The Bertz CT molecular complexity index is 315. The molecule has 1 saturated heterocycles. The molecule has 0 spiro atoms. The molecule has 1 N–H and O–H groups in total. The largest absolute Gasteiger partial charge is 0.356 e. The van der Waals surface area contributed by atoms with Crippen LogP contribution in [0, 0.1) is 5.92 Å². The maximum absolute atomic E-state index is 11.5. The van der Waals surface area contributed by atoms with E-state index in [1.54, 1.807) is 0 Å². The summed E-state index contributed by atoms with van der Waals surface area (Å²) in [6.45, 7) is 3.20. The summed E-state index contributed by atoms with van der Waals surface area (Å²) in [7, 11) is 0. The highest BCUT2D eigenvalue weighted by Crippen LogP contribution is 2.19. The van der Waals surface area contributed by atoms with E-state index in [2.05, 4.69) is 12.2 Å². The van der Waals surface area contributed by atoms with Gasteiger partial charge in [-0.1, -0.05) is 122 Å². The van der Waals surface area contributed by atoms with Gasteiger partial charge in [-0.15, -0.1) is 0 Å². The zero-order valence-electron chi connectivity index (χ0n) is 17.8. The van der Waals surface area contributed by atoms with Gasteiger partial charge in [-0.05, 0) is 12.8 Å². The smallest absolute Gasteiger partial charge is 0.223 e. The fraction of sp³-hybridized carbons (Fsp3) is 0.958. The van der Waals surface area contributed by atoms with Crippen LogP contribution in [0.4, 0.5) is 0 Å². The Labute approximate surface area is 164 Å². The number of amides is 1. The Kier molecular flexibility index (Phi) is 16.2. The van der Waals surface area contributed by atoms with Crippen LogP contribution in [0.25, 0.3) is 0 Å². The number of nitrogens with one attached hydrogen (secondary N) is 1. The van der Waals surface area contributed by atoms with E-state index in [1.807, 2.05) is 0 Å². The van der Waals surface area contributed by atoms with E-state index in [1.165, 1.54) is 116 Å². The van der Waals surface area contributed by atoms with Gasteiger partial charge >= 0.3 is 0 Å². The second-order valence-electron chi connectivity index (χ2n) is 8.58. The highest BCUT2D eigenvalue weighted by Gasteiger charge is 2.22. The van der Waals surface area contributed by atoms with Crippen molar-refractivity contribution in [1.82, 2.24) is 5.32 Å². The Morgan fingerprint density at radius 3 is 1.38 bits per heavy atom. The minimum Gasteiger partial charge on any atom is -0.356 e. The third kappa shape index (κ3) is 13.6. The Morgan fingerprint density at radius 2 is 1.04 bits per heavy atom. The van der Waals surface area contributed by atoms with Crippen molar-refractivity contribution in [2.45, 2.75) is 135 Å². The fourth-order valence-corrected chi connectivity index (χ4v) is 4.21. The van der Waals surface area contributed by atoms with E-state index < -0.39 is 0 Å². The molecule has 1 aliphatic rings. The first-order valence-corrected chi connectivity index (χ1v) is 12.1.